The Morgan fingerprint density at radius 2 is 2.13 bits per heavy atom. The molecule has 0 aliphatic heterocycles. The van der Waals surface area contributed by atoms with Crippen molar-refractivity contribution in [2.45, 2.75) is 27.0 Å². The van der Waals surface area contributed by atoms with Gasteiger partial charge in [0.1, 0.15) is 5.75 Å². The number of aliphatic hydroxyl groups is 1. The summed E-state index contributed by atoms with van der Waals surface area (Å²) in [6.45, 7) is 5.23. The number of hydrogen-bond acceptors (Lipinski definition) is 4. The molecule has 4 heteroatoms. The second-order valence-corrected chi connectivity index (χ2v) is 3.68. The highest BCUT2D eigenvalue weighted by Gasteiger charge is 2.12. The first-order valence-electron chi connectivity index (χ1n) is 5.05. The molecule has 0 saturated heterocycles. The lowest BCUT2D eigenvalue weighted by Gasteiger charge is -2.17. The highest BCUT2D eigenvalue weighted by molar-refractivity contribution is 5.40. The molecule has 0 aromatic carbocycles. The fourth-order valence-corrected chi connectivity index (χ4v) is 1.38. The number of aliphatic hydroxyl groups excluding tert-OH is 1. The Hall–Kier alpha value is -1.13. The van der Waals surface area contributed by atoms with E-state index in [1.165, 1.54) is 0 Å². The first-order valence-corrected chi connectivity index (χ1v) is 5.05. The average molecular weight is 210 g/mol. The highest BCUT2D eigenvalue weighted by Crippen LogP contribution is 2.24. The summed E-state index contributed by atoms with van der Waals surface area (Å²) in [6, 6.07) is 0. The van der Waals surface area contributed by atoms with Crippen LogP contribution >= 0.6 is 0 Å². The van der Waals surface area contributed by atoms with E-state index in [0.717, 1.165) is 12.1 Å². The molecule has 1 heterocycles. The molecular weight excluding hydrogens is 192 g/mol. The number of nitrogens with zero attached hydrogens (tertiary/aromatic N) is 2. The standard InChI is InChI=1S/C11H18N2O2/c1-4-13(3)6-10-9(7-14)5-12-8(2)11(10)15/h5,14-15H,4,6-7H2,1-3H3. The predicted molar refractivity (Wildman–Crippen MR) is 58.6 cm³/mol. The van der Waals surface area contributed by atoms with Gasteiger partial charge in [0.15, 0.2) is 0 Å². The molecule has 0 unspecified atom stereocenters. The molecule has 4 nitrogen and oxygen atoms in total. The zero-order chi connectivity index (χ0) is 11.4. The van der Waals surface area contributed by atoms with Gasteiger partial charge in [-0.15, -0.1) is 0 Å². The molecule has 0 atom stereocenters. The van der Waals surface area contributed by atoms with Crippen molar-refractivity contribution in [3.8, 4) is 5.75 Å². The summed E-state index contributed by atoms with van der Waals surface area (Å²) in [4.78, 5) is 6.08. The third kappa shape index (κ3) is 2.67. The molecule has 0 spiro atoms. The average Bonchev–Trinajstić information content (AvgIpc) is 2.25. The maximum Gasteiger partial charge on any atom is 0.141 e. The van der Waals surface area contributed by atoms with Crippen LogP contribution in [-0.2, 0) is 13.2 Å². The Balaban J connectivity index is 3.06. The monoisotopic (exact) mass is 210 g/mol. The van der Waals surface area contributed by atoms with E-state index >= 15 is 0 Å². The minimum atomic E-state index is -0.0896. The molecule has 0 radical (unpaired) electrons. The first-order chi connectivity index (χ1) is 7.10. The van der Waals surface area contributed by atoms with E-state index in [4.69, 9.17) is 5.11 Å². The van der Waals surface area contributed by atoms with Gasteiger partial charge in [-0.2, -0.15) is 0 Å². The third-order valence-corrected chi connectivity index (χ3v) is 2.57. The Bertz CT molecular complexity index is 340. The smallest absolute Gasteiger partial charge is 0.141 e. The minimum absolute atomic E-state index is 0.0896. The van der Waals surface area contributed by atoms with Crippen LogP contribution in [0.25, 0.3) is 0 Å². The fourth-order valence-electron chi connectivity index (χ4n) is 1.38. The number of aromatic hydroxyl groups is 1. The summed E-state index contributed by atoms with van der Waals surface area (Å²) in [5.74, 6) is 0.196. The molecular formula is C11H18N2O2. The van der Waals surface area contributed by atoms with Crippen LogP contribution in [0, 0.1) is 6.92 Å². The van der Waals surface area contributed by atoms with Gasteiger partial charge in [0, 0.05) is 23.9 Å². The molecule has 0 saturated carbocycles. The van der Waals surface area contributed by atoms with Gasteiger partial charge in [-0.3, -0.25) is 4.98 Å². The van der Waals surface area contributed by atoms with Crippen LogP contribution in [-0.4, -0.2) is 33.7 Å². The SMILES string of the molecule is CCN(C)Cc1c(CO)cnc(C)c1O. The van der Waals surface area contributed by atoms with Crippen molar-refractivity contribution in [2.24, 2.45) is 0 Å². The molecule has 15 heavy (non-hydrogen) atoms. The van der Waals surface area contributed by atoms with Crippen LogP contribution in [0.3, 0.4) is 0 Å². The van der Waals surface area contributed by atoms with Crippen LogP contribution in [0.2, 0.25) is 0 Å². The lowest BCUT2D eigenvalue weighted by atomic mass is 10.1. The molecule has 0 fully saturated rings. The summed E-state index contributed by atoms with van der Waals surface area (Å²) in [5, 5.41) is 19.0. The van der Waals surface area contributed by atoms with Crippen molar-refractivity contribution >= 4 is 0 Å². The summed E-state index contributed by atoms with van der Waals surface area (Å²) >= 11 is 0. The van der Waals surface area contributed by atoms with Gasteiger partial charge in [-0.25, -0.2) is 0 Å². The van der Waals surface area contributed by atoms with E-state index < -0.39 is 0 Å². The zero-order valence-electron chi connectivity index (χ0n) is 9.49. The maximum absolute atomic E-state index is 9.85. The van der Waals surface area contributed by atoms with Crippen molar-refractivity contribution < 1.29 is 10.2 Å². The molecule has 1 aromatic heterocycles. The Morgan fingerprint density at radius 1 is 1.47 bits per heavy atom. The lowest BCUT2D eigenvalue weighted by Crippen LogP contribution is -2.18. The molecule has 1 rings (SSSR count). The van der Waals surface area contributed by atoms with Gasteiger partial charge in [0.2, 0.25) is 0 Å². The van der Waals surface area contributed by atoms with Gasteiger partial charge in [-0.1, -0.05) is 6.92 Å². The Morgan fingerprint density at radius 3 is 2.67 bits per heavy atom. The lowest BCUT2D eigenvalue weighted by molar-refractivity contribution is 0.273. The second kappa shape index (κ2) is 5.09. The predicted octanol–water partition coefficient (Wildman–Crippen LogP) is 1.04. The Kier molecular flexibility index (Phi) is 4.05. The summed E-state index contributed by atoms with van der Waals surface area (Å²) in [6.07, 6.45) is 1.62. The van der Waals surface area contributed by atoms with E-state index in [2.05, 4.69) is 9.88 Å². The Labute approximate surface area is 90.2 Å². The van der Waals surface area contributed by atoms with Crippen molar-refractivity contribution in [3.63, 3.8) is 0 Å². The third-order valence-electron chi connectivity index (χ3n) is 2.57. The number of rotatable bonds is 4. The topological polar surface area (TPSA) is 56.6 Å². The molecule has 84 valence electrons. The molecule has 1 aromatic rings. The zero-order valence-corrected chi connectivity index (χ0v) is 9.49. The number of aryl methyl sites for hydroxylation is 1. The normalized spacial score (nSPS) is 11.0. The van der Waals surface area contributed by atoms with Crippen LogP contribution in [0.5, 0.6) is 5.75 Å². The van der Waals surface area contributed by atoms with Gasteiger partial charge in [0.25, 0.3) is 0 Å². The first kappa shape index (κ1) is 11.9. The fraction of sp³-hybridized carbons (Fsp3) is 0.545. The van der Waals surface area contributed by atoms with Crippen LogP contribution in [0.1, 0.15) is 23.7 Å². The number of hydrogen-bond donors (Lipinski definition) is 2. The van der Waals surface area contributed by atoms with Crippen molar-refractivity contribution in [1.29, 1.82) is 0 Å². The molecule has 0 amide bonds. The molecule has 2 N–H and O–H groups in total. The van der Waals surface area contributed by atoms with E-state index in [1.807, 2.05) is 14.0 Å². The van der Waals surface area contributed by atoms with E-state index in [1.54, 1.807) is 13.1 Å². The maximum atomic E-state index is 9.85. The largest absolute Gasteiger partial charge is 0.506 e. The summed E-state index contributed by atoms with van der Waals surface area (Å²) < 4.78 is 0. The summed E-state index contributed by atoms with van der Waals surface area (Å²) in [5.41, 5.74) is 2.07. The quantitative estimate of drug-likeness (QED) is 0.779. The van der Waals surface area contributed by atoms with Crippen LogP contribution < -0.4 is 0 Å². The van der Waals surface area contributed by atoms with E-state index in [0.29, 0.717) is 17.8 Å². The molecule has 0 bridgehead atoms. The van der Waals surface area contributed by atoms with E-state index in [9.17, 15) is 5.11 Å². The van der Waals surface area contributed by atoms with Crippen molar-refractivity contribution in [3.05, 3.63) is 23.0 Å². The second-order valence-electron chi connectivity index (χ2n) is 3.68. The van der Waals surface area contributed by atoms with Gasteiger partial charge < -0.3 is 15.1 Å². The molecule has 0 aliphatic carbocycles. The minimum Gasteiger partial charge on any atom is -0.506 e. The van der Waals surface area contributed by atoms with Crippen molar-refractivity contribution in [1.82, 2.24) is 9.88 Å². The summed E-state index contributed by atoms with van der Waals surface area (Å²) in [7, 11) is 1.97. The number of aromatic nitrogens is 1. The van der Waals surface area contributed by atoms with Crippen molar-refractivity contribution in [2.75, 3.05) is 13.6 Å². The van der Waals surface area contributed by atoms with Crippen LogP contribution in [0.15, 0.2) is 6.20 Å². The van der Waals surface area contributed by atoms with Gasteiger partial charge >= 0.3 is 0 Å². The van der Waals surface area contributed by atoms with Gasteiger partial charge in [-0.05, 0) is 20.5 Å². The van der Waals surface area contributed by atoms with E-state index in [-0.39, 0.29) is 12.4 Å². The van der Waals surface area contributed by atoms with Crippen LogP contribution in [0.4, 0.5) is 0 Å². The highest BCUT2D eigenvalue weighted by atomic mass is 16.3. The number of pyridine rings is 1. The molecule has 0 aliphatic rings. The van der Waals surface area contributed by atoms with Gasteiger partial charge in [0.05, 0.1) is 12.3 Å².